The Bertz CT molecular complexity index is 560. The summed E-state index contributed by atoms with van der Waals surface area (Å²) in [5, 5.41) is 17.8. The number of aliphatic hydroxyl groups excluding tert-OH is 1. The molecule has 1 unspecified atom stereocenters. The maximum Gasteiger partial charge on any atom is 0.0744 e. The van der Waals surface area contributed by atoms with Crippen molar-refractivity contribution in [3.05, 3.63) is 41.4 Å². The van der Waals surface area contributed by atoms with Gasteiger partial charge in [-0.2, -0.15) is 5.10 Å². The standard InChI is InChI=1S/C14H17BrN4O/c15-11-8-16-4-2-12(11)18-13-6-10(7-14(13)20)9-19-5-1-3-17-19/h1-5,8,10,13-14,20H,6-7,9H2,(H,16,18)/t10?,13-,14-/m1/s1. The minimum atomic E-state index is -0.323. The van der Waals surface area contributed by atoms with Gasteiger partial charge in [-0.25, -0.2) is 0 Å². The fraction of sp³-hybridized carbons (Fsp3) is 0.429. The van der Waals surface area contributed by atoms with Crippen LogP contribution < -0.4 is 5.32 Å². The highest BCUT2D eigenvalue weighted by molar-refractivity contribution is 9.10. The SMILES string of the molecule is O[C@@H]1CC(Cn2cccn2)C[C@H]1Nc1ccncc1Br. The molecule has 1 aliphatic rings. The number of halogens is 1. The molecule has 2 aromatic rings. The van der Waals surface area contributed by atoms with E-state index in [1.807, 2.05) is 23.0 Å². The van der Waals surface area contributed by atoms with E-state index in [1.165, 1.54) is 0 Å². The molecule has 20 heavy (non-hydrogen) atoms. The molecule has 2 N–H and O–H groups in total. The second kappa shape index (κ2) is 5.93. The van der Waals surface area contributed by atoms with Crippen molar-refractivity contribution in [3.63, 3.8) is 0 Å². The number of hydrogen-bond acceptors (Lipinski definition) is 4. The van der Waals surface area contributed by atoms with Gasteiger partial charge in [0.05, 0.1) is 22.3 Å². The van der Waals surface area contributed by atoms with Crippen molar-refractivity contribution in [3.8, 4) is 0 Å². The molecule has 1 aliphatic carbocycles. The molecule has 3 rings (SSSR count). The van der Waals surface area contributed by atoms with Crippen LogP contribution in [0.4, 0.5) is 5.69 Å². The molecule has 0 aliphatic heterocycles. The Balaban J connectivity index is 1.62. The monoisotopic (exact) mass is 336 g/mol. The van der Waals surface area contributed by atoms with E-state index in [9.17, 15) is 5.11 Å². The first-order chi connectivity index (χ1) is 9.72. The fourth-order valence-electron chi connectivity index (χ4n) is 2.79. The Kier molecular flexibility index (Phi) is 4.03. The van der Waals surface area contributed by atoms with E-state index in [2.05, 4.69) is 31.3 Å². The van der Waals surface area contributed by atoms with Crippen LogP contribution in [-0.4, -0.2) is 32.0 Å². The molecule has 5 nitrogen and oxygen atoms in total. The zero-order chi connectivity index (χ0) is 13.9. The van der Waals surface area contributed by atoms with Gasteiger partial charge < -0.3 is 10.4 Å². The van der Waals surface area contributed by atoms with Gasteiger partial charge in [0.25, 0.3) is 0 Å². The van der Waals surface area contributed by atoms with Gasteiger partial charge in [0.1, 0.15) is 0 Å². The molecule has 0 saturated heterocycles. The molecule has 106 valence electrons. The van der Waals surface area contributed by atoms with Crippen molar-refractivity contribution in [2.75, 3.05) is 5.32 Å². The minimum absolute atomic E-state index is 0.0780. The quantitative estimate of drug-likeness (QED) is 0.899. The van der Waals surface area contributed by atoms with Crippen LogP contribution >= 0.6 is 15.9 Å². The van der Waals surface area contributed by atoms with Crippen molar-refractivity contribution in [2.45, 2.75) is 31.5 Å². The summed E-state index contributed by atoms with van der Waals surface area (Å²) in [6, 6.07) is 3.92. The van der Waals surface area contributed by atoms with Crippen molar-refractivity contribution in [2.24, 2.45) is 5.92 Å². The molecule has 0 bridgehead atoms. The lowest BCUT2D eigenvalue weighted by Crippen LogP contribution is -2.28. The summed E-state index contributed by atoms with van der Waals surface area (Å²) in [4.78, 5) is 4.04. The van der Waals surface area contributed by atoms with E-state index in [0.717, 1.165) is 29.5 Å². The Labute approximate surface area is 126 Å². The third-order valence-electron chi connectivity index (χ3n) is 3.74. The average molecular weight is 337 g/mol. The summed E-state index contributed by atoms with van der Waals surface area (Å²) in [5.41, 5.74) is 0.976. The van der Waals surface area contributed by atoms with Crippen molar-refractivity contribution in [1.29, 1.82) is 0 Å². The Morgan fingerprint density at radius 3 is 3.05 bits per heavy atom. The molecule has 1 fully saturated rings. The van der Waals surface area contributed by atoms with Gasteiger partial charge in [-0.05, 0) is 46.8 Å². The lowest BCUT2D eigenvalue weighted by Gasteiger charge is -2.18. The van der Waals surface area contributed by atoms with Crippen LogP contribution in [0.1, 0.15) is 12.8 Å². The Hall–Kier alpha value is -1.40. The first-order valence-corrected chi connectivity index (χ1v) is 7.53. The van der Waals surface area contributed by atoms with Gasteiger partial charge in [0.2, 0.25) is 0 Å². The summed E-state index contributed by atoms with van der Waals surface area (Å²) < 4.78 is 2.85. The highest BCUT2D eigenvalue weighted by Crippen LogP contribution is 2.31. The second-order valence-corrected chi connectivity index (χ2v) is 6.09. The number of aliphatic hydroxyl groups is 1. The molecule has 3 atom stereocenters. The lowest BCUT2D eigenvalue weighted by atomic mass is 10.1. The largest absolute Gasteiger partial charge is 0.391 e. The number of hydrogen-bond donors (Lipinski definition) is 2. The maximum atomic E-state index is 10.2. The van der Waals surface area contributed by atoms with Crippen LogP contribution in [0.25, 0.3) is 0 Å². The third kappa shape index (κ3) is 3.02. The van der Waals surface area contributed by atoms with Gasteiger partial charge in [0.15, 0.2) is 0 Å². The van der Waals surface area contributed by atoms with E-state index in [4.69, 9.17) is 0 Å². The van der Waals surface area contributed by atoms with E-state index < -0.39 is 0 Å². The van der Waals surface area contributed by atoms with Gasteiger partial charge in [-0.15, -0.1) is 0 Å². The number of pyridine rings is 1. The first kappa shape index (κ1) is 13.6. The molecular formula is C14H17BrN4O. The molecule has 2 aromatic heterocycles. The maximum absolute atomic E-state index is 10.2. The van der Waals surface area contributed by atoms with Gasteiger partial charge >= 0.3 is 0 Å². The molecule has 0 radical (unpaired) electrons. The molecule has 1 saturated carbocycles. The van der Waals surface area contributed by atoms with Crippen LogP contribution in [-0.2, 0) is 6.54 Å². The van der Waals surface area contributed by atoms with E-state index in [0.29, 0.717) is 5.92 Å². The van der Waals surface area contributed by atoms with E-state index in [1.54, 1.807) is 18.6 Å². The normalized spacial score (nSPS) is 25.8. The molecule has 0 amide bonds. The smallest absolute Gasteiger partial charge is 0.0744 e. The van der Waals surface area contributed by atoms with Crippen molar-refractivity contribution >= 4 is 21.6 Å². The van der Waals surface area contributed by atoms with Crippen LogP contribution in [0.3, 0.4) is 0 Å². The highest BCUT2D eigenvalue weighted by Gasteiger charge is 2.33. The number of nitrogens with zero attached hydrogens (tertiary/aromatic N) is 3. The summed E-state index contributed by atoms with van der Waals surface area (Å²) in [6.07, 6.45) is 8.67. The predicted octanol–water partition coefficient (Wildman–Crippen LogP) is 2.29. The van der Waals surface area contributed by atoms with Crippen LogP contribution in [0.5, 0.6) is 0 Å². The molecule has 0 aromatic carbocycles. The summed E-state index contributed by atoms with van der Waals surface area (Å²) in [6.45, 7) is 0.861. The fourth-order valence-corrected chi connectivity index (χ4v) is 3.15. The number of anilines is 1. The van der Waals surface area contributed by atoms with Gasteiger partial charge in [-0.3, -0.25) is 9.67 Å². The molecule has 2 heterocycles. The molecule has 0 spiro atoms. The van der Waals surface area contributed by atoms with E-state index in [-0.39, 0.29) is 12.1 Å². The lowest BCUT2D eigenvalue weighted by molar-refractivity contribution is 0.166. The number of nitrogens with one attached hydrogen (secondary N) is 1. The zero-order valence-electron chi connectivity index (χ0n) is 11.0. The molecular weight excluding hydrogens is 320 g/mol. The zero-order valence-corrected chi connectivity index (χ0v) is 12.6. The Morgan fingerprint density at radius 1 is 1.40 bits per heavy atom. The van der Waals surface area contributed by atoms with Crippen LogP contribution in [0.15, 0.2) is 41.4 Å². The average Bonchev–Trinajstić information content (AvgIpc) is 3.04. The third-order valence-corrected chi connectivity index (χ3v) is 4.38. The topological polar surface area (TPSA) is 63.0 Å². The number of rotatable bonds is 4. The van der Waals surface area contributed by atoms with Gasteiger partial charge in [-0.1, -0.05) is 0 Å². The summed E-state index contributed by atoms with van der Waals surface area (Å²) in [7, 11) is 0. The summed E-state index contributed by atoms with van der Waals surface area (Å²) in [5.74, 6) is 0.447. The van der Waals surface area contributed by atoms with Crippen molar-refractivity contribution in [1.82, 2.24) is 14.8 Å². The first-order valence-electron chi connectivity index (χ1n) is 6.74. The Morgan fingerprint density at radius 2 is 2.30 bits per heavy atom. The van der Waals surface area contributed by atoms with E-state index >= 15 is 0 Å². The number of aromatic nitrogens is 3. The highest BCUT2D eigenvalue weighted by atomic mass is 79.9. The van der Waals surface area contributed by atoms with Crippen LogP contribution in [0.2, 0.25) is 0 Å². The second-order valence-electron chi connectivity index (χ2n) is 5.24. The van der Waals surface area contributed by atoms with Crippen LogP contribution in [0, 0.1) is 5.92 Å². The van der Waals surface area contributed by atoms with Gasteiger partial charge in [0, 0.05) is 31.3 Å². The molecule has 6 heteroatoms. The predicted molar refractivity (Wildman–Crippen MR) is 80.3 cm³/mol. The van der Waals surface area contributed by atoms with Crippen molar-refractivity contribution < 1.29 is 5.11 Å². The summed E-state index contributed by atoms with van der Waals surface area (Å²) >= 11 is 3.47. The minimum Gasteiger partial charge on any atom is -0.391 e.